The summed E-state index contributed by atoms with van der Waals surface area (Å²) < 4.78 is 29.7. The first kappa shape index (κ1) is 18.8. The molecule has 9 heteroatoms. The standard InChI is InChI=1S/C14H21N3O5S/c1-3-4-8-22-14(19)16-12(13(15)18)10-6-5-7-11(9-10)17-23(2,20)21/h5-7,9,12,17H,3-4,8H2,1-2H3,(H2,15,18)(H,16,19)/t12-/m1/s1. The van der Waals surface area contributed by atoms with Gasteiger partial charge in [0.2, 0.25) is 15.9 Å². The zero-order valence-electron chi connectivity index (χ0n) is 13.0. The molecule has 2 amide bonds. The Morgan fingerprint density at radius 2 is 2.04 bits per heavy atom. The number of unbranched alkanes of at least 4 members (excludes halogenated alkanes) is 1. The number of anilines is 1. The van der Waals surface area contributed by atoms with Gasteiger partial charge < -0.3 is 15.8 Å². The number of carbonyl (C=O) groups excluding carboxylic acids is 2. The third-order valence-corrected chi connectivity index (χ3v) is 3.41. The summed E-state index contributed by atoms with van der Waals surface area (Å²) in [5, 5.41) is 2.37. The van der Waals surface area contributed by atoms with Gasteiger partial charge in [-0.25, -0.2) is 13.2 Å². The number of nitrogens with two attached hydrogens (primary N) is 1. The molecule has 0 saturated carbocycles. The van der Waals surface area contributed by atoms with E-state index >= 15 is 0 Å². The molecule has 8 nitrogen and oxygen atoms in total. The lowest BCUT2D eigenvalue weighted by Gasteiger charge is -2.17. The molecule has 1 atom stereocenters. The van der Waals surface area contributed by atoms with Gasteiger partial charge in [0.15, 0.2) is 0 Å². The van der Waals surface area contributed by atoms with Crippen LogP contribution < -0.4 is 15.8 Å². The third kappa shape index (κ3) is 7.00. The maximum atomic E-state index is 11.7. The van der Waals surface area contributed by atoms with Crippen molar-refractivity contribution in [3.63, 3.8) is 0 Å². The van der Waals surface area contributed by atoms with Crippen LogP contribution in [-0.2, 0) is 19.6 Å². The predicted molar refractivity (Wildman–Crippen MR) is 86.2 cm³/mol. The van der Waals surface area contributed by atoms with E-state index in [1.165, 1.54) is 12.1 Å². The molecule has 1 aromatic rings. The van der Waals surface area contributed by atoms with Gasteiger partial charge in [0.1, 0.15) is 6.04 Å². The second-order valence-corrected chi connectivity index (χ2v) is 6.72. The van der Waals surface area contributed by atoms with Gasteiger partial charge in [0.25, 0.3) is 0 Å². The summed E-state index contributed by atoms with van der Waals surface area (Å²) in [4.78, 5) is 23.2. The van der Waals surface area contributed by atoms with Crippen molar-refractivity contribution in [3.05, 3.63) is 29.8 Å². The quantitative estimate of drug-likeness (QED) is 0.609. The second-order valence-electron chi connectivity index (χ2n) is 4.97. The fraction of sp³-hybridized carbons (Fsp3) is 0.429. The molecule has 4 N–H and O–H groups in total. The molecule has 0 aliphatic heterocycles. The summed E-state index contributed by atoms with van der Waals surface area (Å²) in [5.41, 5.74) is 5.91. The van der Waals surface area contributed by atoms with Gasteiger partial charge in [-0.2, -0.15) is 0 Å². The number of hydrogen-bond acceptors (Lipinski definition) is 5. The van der Waals surface area contributed by atoms with Crippen LogP contribution in [0.15, 0.2) is 24.3 Å². The Hall–Kier alpha value is -2.29. The van der Waals surface area contributed by atoms with Crippen LogP contribution in [0.5, 0.6) is 0 Å². The molecule has 23 heavy (non-hydrogen) atoms. The fourth-order valence-electron chi connectivity index (χ4n) is 1.78. The number of alkyl carbamates (subject to hydrolysis) is 1. The molecule has 0 saturated heterocycles. The summed E-state index contributed by atoms with van der Waals surface area (Å²) >= 11 is 0. The summed E-state index contributed by atoms with van der Waals surface area (Å²) in [7, 11) is -3.46. The smallest absolute Gasteiger partial charge is 0.408 e. The number of benzene rings is 1. The minimum atomic E-state index is -3.46. The van der Waals surface area contributed by atoms with Gasteiger partial charge in [-0.15, -0.1) is 0 Å². The monoisotopic (exact) mass is 343 g/mol. The Morgan fingerprint density at radius 1 is 1.35 bits per heavy atom. The topological polar surface area (TPSA) is 128 Å². The van der Waals surface area contributed by atoms with Crippen molar-refractivity contribution < 1.29 is 22.7 Å². The number of amides is 2. The van der Waals surface area contributed by atoms with Crippen molar-refractivity contribution in [3.8, 4) is 0 Å². The molecule has 0 fully saturated rings. The van der Waals surface area contributed by atoms with E-state index in [2.05, 4.69) is 10.0 Å². The van der Waals surface area contributed by atoms with E-state index in [4.69, 9.17) is 10.5 Å². The highest BCUT2D eigenvalue weighted by atomic mass is 32.2. The normalized spacial score (nSPS) is 12.3. The first-order valence-corrected chi connectivity index (χ1v) is 8.92. The molecule has 0 radical (unpaired) electrons. The SMILES string of the molecule is CCCCOC(=O)N[C@@H](C(N)=O)c1cccc(NS(C)(=O)=O)c1. The molecule has 0 bridgehead atoms. The van der Waals surface area contributed by atoms with Gasteiger partial charge >= 0.3 is 6.09 Å². The maximum Gasteiger partial charge on any atom is 0.408 e. The molecular formula is C14H21N3O5S. The van der Waals surface area contributed by atoms with Gasteiger partial charge in [-0.3, -0.25) is 9.52 Å². The van der Waals surface area contributed by atoms with Crippen LogP contribution in [-0.4, -0.2) is 33.3 Å². The van der Waals surface area contributed by atoms with Crippen LogP contribution in [0.3, 0.4) is 0 Å². The molecule has 0 spiro atoms. The minimum Gasteiger partial charge on any atom is -0.450 e. The van der Waals surface area contributed by atoms with E-state index in [1.807, 2.05) is 6.92 Å². The zero-order chi connectivity index (χ0) is 17.5. The first-order chi connectivity index (χ1) is 10.7. The fourth-order valence-corrected chi connectivity index (χ4v) is 2.34. The van der Waals surface area contributed by atoms with Crippen molar-refractivity contribution >= 4 is 27.7 Å². The average molecular weight is 343 g/mol. The number of nitrogens with one attached hydrogen (secondary N) is 2. The van der Waals surface area contributed by atoms with Crippen LogP contribution in [0.1, 0.15) is 31.4 Å². The third-order valence-electron chi connectivity index (χ3n) is 2.80. The van der Waals surface area contributed by atoms with Crippen molar-refractivity contribution in [2.45, 2.75) is 25.8 Å². The zero-order valence-corrected chi connectivity index (χ0v) is 13.9. The largest absolute Gasteiger partial charge is 0.450 e. The maximum absolute atomic E-state index is 11.7. The lowest BCUT2D eigenvalue weighted by Crippen LogP contribution is -2.38. The Kier molecular flexibility index (Phi) is 6.83. The Balaban J connectivity index is 2.87. The van der Waals surface area contributed by atoms with Crippen LogP contribution in [0.2, 0.25) is 0 Å². The van der Waals surface area contributed by atoms with Crippen LogP contribution in [0, 0.1) is 0 Å². The van der Waals surface area contributed by atoms with E-state index < -0.39 is 28.1 Å². The van der Waals surface area contributed by atoms with Gasteiger partial charge in [0, 0.05) is 5.69 Å². The molecule has 0 unspecified atom stereocenters. The second kappa shape index (κ2) is 8.37. The Labute approximate surface area is 135 Å². The van der Waals surface area contributed by atoms with Crippen LogP contribution in [0.25, 0.3) is 0 Å². The number of ether oxygens (including phenoxy) is 1. The van der Waals surface area contributed by atoms with E-state index in [-0.39, 0.29) is 12.3 Å². The predicted octanol–water partition coefficient (Wildman–Crippen LogP) is 1.11. The molecule has 0 aliphatic carbocycles. The van der Waals surface area contributed by atoms with E-state index in [0.29, 0.717) is 12.0 Å². The highest BCUT2D eigenvalue weighted by Gasteiger charge is 2.21. The number of rotatable bonds is 8. The highest BCUT2D eigenvalue weighted by molar-refractivity contribution is 7.92. The van der Waals surface area contributed by atoms with Gasteiger partial charge in [0.05, 0.1) is 12.9 Å². The van der Waals surface area contributed by atoms with Crippen molar-refractivity contribution in [2.75, 3.05) is 17.6 Å². The molecule has 0 heterocycles. The van der Waals surface area contributed by atoms with Gasteiger partial charge in [-0.1, -0.05) is 25.5 Å². The van der Waals surface area contributed by atoms with Crippen molar-refractivity contribution in [2.24, 2.45) is 5.73 Å². The number of hydrogen-bond donors (Lipinski definition) is 3. The number of primary amides is 1. The highest BCUT2D eigenvalue weighted by Crippen LogP contribution is 2.18. The molecule has 128 valence electrons. The molecule has 1 aromatic carbocycles. The Bertz CT molecular complexity index is 660. The molecule has 1 rings (SSSR count). The van der Waals surface area contributed by atoms with Gasteiger partial charge in [-0.05, 0) is 24.1 Å². The summed E-state index contributed by atoms with van der Waals surface area (Å²) in [6, 6.07) is 4.91. The van der Waals surface area contributed by atoms with Crippen LogP contribution in [0.4, 0.5) is 10.5 Å². The molecule has 0 aliphatic rings. The number of carbonyl (C=O) groups is 2. The summed E-state index contributed by atoms with van der Waals surface area (Å²) in [5.74, 6) is -0.783. The van der Waals surface area contributed by atoms with Crippen molar-refractivity contribution in [1.29, 1.82) is 0 Å². The number of sulfonamides is 1. The average Bonchev–Trinajstić information content (AvgIpc) is 2.43. The summed E-state index contributed by atoms with van der Waals surface area (Å²) in [6.45, 7) is 2.19. The Morgan fingerprint density at radius 3 is 2.61 bits per heavy atom. The molecular weight excluding hydrogens is 322 g/mol. The minimum absolute atomic E-state index is 0.240. The first-order valence-electron chi connectivity index (χ1n) is 7.03. The van der Waals surface area contributed by atoms with E-state index in [1.54, 1.807) is 12.1 Å². The lowest BCUT2D eigenvalue weighted by atomic mass is 10.1. The van der Waals surface area contributed by atoms with E-state index in [0.717, 1.165) is 12.7 Å². The molecule has 0 aromatic heterocycles. The lowest BCUT2D eigenvalue weighted by molar-refractivity contribution is -0.120. The summed E-state index contributed by atoms with van der Waals surface area (Å²) in [6.07, 6.45) is 1.83. The van der Waals surface area contributed by atoms with Crippen molar-refractivity contribution in [1.82, 2.24) is 5.32 Å². The van der Waals surface area contributed by atoms with E-state index in [9.17, 15) is 18.0 Å². The van der Waals surface area contributed by atoms with Crippen LogP contribution >= 0.6 is 0 Å².